The number of carbonyl (C=O) groups excluding carboxylic acids is 2. The fraction of sp³-hybridized carbons (Fsp3) is 0.387. The summed E-state index contributed by atoms with van der Waals surface area (Å²) in [7, 11) is 1.94. The predicted molar refractivity (Wildman–Crippen MR) is 156 cm³/mol. The fourth-order valence-corrected chi connectivity index (χ4v) is 6.49. The molecule has 4 N–H and O–H groups in total. The molecule has 230 valence electrons. The van der Waals surface area contributed by atoms with E-state index >= 15 is 0 Å². The number of hydrogen-bond acceptors (Lipinski definition) is 7. The van der Waals surface area contributed by atoms with E-state index in [1.54, 1.807) is 29.3 Å². The Bertz CT molecular complexity index is 1660. The Morgan fingerprint density at radius 3 is 2.66 bits per heavy atom. The van der Waals surface area contributed by atoms with Crippen molar-refractivity contribution >= 4 is 29.1 Å². The average molecular weight is 609 g/mol. The van der Waals surface area contributed by atoms with Crippen LogP contribution in [0.25, 0.3) is 0 Å². The third-order valence-electron chi connectivity index (χ3n) is 9.09. The maximum atomic E-state index is 14.0. The summed E-state index contributed by atoms with van der Waals surface area (Å²) in [6.07, 6.45) is -1.52. The number of ether oxygens (including phenoxy) is 1. The Kier molecular flexibility index (Phi) is 6.61. The van der Waals surface area contributed by atoms with E-state index < -0.39 is 23.3 Å². The number of aromatic hydroxyl groups is 1. The molecule has 2 saturated carbocycles. The van der Waals surface area contributed by atoms with E-state index in [2.05, 4.69) is 25.8 Å². The molecule has 2 aliphatic carbocycles. The monoisotopic (exact) mass is 608 g/mol. The molecule has 0 bridgehead atoms. The van der Waals surface area contributed by atoms with E-state index in [0.29, 0.717) is 68.3 Å². The molecule has 3 atom stereocenters. The summed E-state index contributed by atoms with van der Waals surface area (Å²) >= 11 is 0. The molecule has 1 aromatic heterocycles. The molecule has 1 saturated heterocycles. The van der Waals surface area contributed by atoms with Crippen LogP contribution in [0.4, 0.5) is 35.2 Å². The minimum absolute atomic E-state index is 0.0496. The maximum absolute atomic E-state index is 14.0. The number of phenols is 1. The number of carbonyl (C=O) groups is 2. The lowest BCUT2D eigenvalue weighted by atomic mass is 9.99. The van der Waals surface area contributed by atoms with E-state index in [4.69, 9.17) is 4.74 Å². The first-order valence-corrected chi connectivity index (χ1v) is 14.5. The lowest BCUT2D eigenvalue weighted by molar-refractivity contribution is -0.137. The van der Waals surface area contributed by atoms with Crippen molar-refractivity contribution in [2.24, 2.45) is 5.92 Å². The number of benzene rings is 2. The van der Waals surface area contributed by atoms with Gasteiger partial charge in [-0.2, -0.15) is 13.2 Å². The molecule has 0 spiro atoms. The second-order valence-electron chi connectivity index (χ2n) is 11.9. The molecule has 3 fully saturated rings. The molecule has 3 amide bonds. The predicted octanol–water partition coefficient (Wildman–Crippen LogP) is 4.91. The zero-order valence-corrected chi connectivity index (χ0v) is 23.9. The highest BCUT2D eigenvalue weighted by atomic mass is 19.4. The molecule has 3 aromatic rings. The zero-order chi connectivity index (χ0) is 30.8. The summed E-state index contributed by atoms with van der Waals surface area (Å²) in [5.41, 5.74) is 0.198. The number of halogens is 3. The number of piperazine rings is 1. The quantitative estimate of drug-likeness (QED) is 0.314. The van der Waals surface area contributed by atoms with Crippen molar-refractivity contribution in [3.05, 3.63) is 65.4 Å². The van der Waals surface area contributed by atoms with Gasteiger partial charge in [-0.3, -0.25) is 4.79 Å². The van der Waals surface area contributed by atoms with Gasteiger partial charge >= 0.3 is 12.2 Å². The van der Waals surface area contributed by atoms with Crippen molar-refractivity contribution in [1.82, 2.24) is 15.2 Å². The molecule has 4 aliphatic rings. The van der Waals surface area contributed by atoms with Gasteiger partial charge in [0.05, 0.1) is 11.1 Å². The van der Waals surface area contributed by atoms with Crippen molar-refractivity contribution in [2.45, 2.75) is 36.9 Å². The molecule has 2 aliphatic heterocycles. The molecule has 0 radical (unpaired) electrons. The van der Waals surface area contributed by atoms with Crippen molar-refractivity contribution in [3.8, 4) is 17.2 Å². The van der Waals surface area contributed by atoms with Crippen LogP contribution in [0.3, 0.4) is 0 Å². The van der Waals surface area contributed by atoms with Crippen molar-refractivity contribution < 1.29 is 32.6 Å². The number of hydrogen-bond donors (Lipinski definition) is 4. The topological polar surface area (TPSA) is 119 Å². The Balaban J connectivity index is 1.04. The molecule has 10 nitrogen and oxygen atoms in total. The van der Waals surface area contributed by atoms with Gasteiger partial charge in [0.25, 0.3) is 0 Å². The molecular formula is C31H31F3N6O4. The standard InChI is InChI=1S/C31H31F3N6O4/c1-39-10-12-40(13-11-39)23-5-2-17(14-21(23)31(32,33)34)36-29(43)38-30-16-22(30)27(30)20-15-18(3-6-24(20)41)44-25-8-9-35-28-19(25)4-7-26(42)37-28/h2-3,5-6,8-9,14-15,22,27,41H,4,7,10-13,16H2,1H3,(H,35,37,42)(H2,36,38,43)/t22-,27+,30-/m0/s1. The number of rotatable bonds is 6. The average Bonchev–Trinajstić information content (AvgIpc) is 3.84. The molecule has 13 heteroatoms. The van der Waals surface area contributed by atoms with Crippen LogP contribution >= 0.6 is 0 Å². The highest BCUT2D eigenvalue weighted by Crippen LogP contribution is 2.77. The third kappa shape index (κ3) is 5.14. The van der Waals surface area contributed by atoms with E-state index in [-0.39, 0.29) is 34.9 Å². The fourth-order valence-electron chi connectivity index (χ4n) is 6.49. The van der Waals surface area contributed by atoms with Crippen molar-refractivity contribution in [3.63, 3.8) is 0 Å². The molecule has 7 rings (SSSR count). The Hall–Kier alpha value is -4.52. The van der Waals surface area contributed by atoms with Crippen LogP contribution in [0, 0.1) is 5.92 Å². The highest BCUT2D eigenvalue weighted by molar-refractivity contribution is 5.93. The van der Waals surface area contributed by atoms with Crippen LogP contribution in [-0.4, -0.2) is 65.7 Å². The Morgan fingerprint density at radius 1 is 1.11 bits per heavy atom. The van der Waals surface area contributed by atoms with Crippen LogP contribution < -0.4 is 25.6 Å². The first-order chi connectivity index (χ1) is 21.0. The number of fused-ring (bicyclic) bond motifs is 2. The van der Waals surface area contributed by atoms with Gasteiger partial charge in [0.2, 0.25) is 5.91 Å². The van der Waals surface area contributed by atoms with Gasteiger partial charge in [-0.1, -0.05) is 0 Å². The number of anilines is 3. The second-order valence-corrected chi connectivity index (χ2v) is 11.9. The van der Waals surface area contributed by atoms with E-state index in [0.717, 1.165) is 11.6 Å². The van der Waals surface area contributed by atoms with Gasteiger partial charge in [-0.15, -0.1) is 0 Å². The summed E-state index contributed by atoms with van der Waals surface area (Å²) in [5, 5.41) is 18.9. The van der Waals surface area contributed by atoms with E-state index in [1.165, 1.54) is 18.2 Å². The lowest BCUT2D eigenvalue weighted by Gasteiger charge is -2.35. The number of nitrogens with zero attached hydrogens (tertiary/aromatic N) is 3. The second kappa shape index (κ2) is 10.3. The van der Waals surface area contributed by atoms with Crippen LogP contribution in [0.5, 0.6) is 17.2 Å². The van der Waals surface area contributed by atoms with Crippen molar-refractivity contribution in [1.29, 1.82) is 0 Å². The molecular weight excluding hydrogens is 577 g/mol. The van der Waals surface area contributed by atoms with Gasteiger partial charge < -0.3 is 35.6 Å². The van der Waals surface area contributed by atoms with Gasteiger partial charge in [0, 0.05) is 67.2 Å². The van der Waals surface area contributed by atoms with Crippen LogP contribution in [0.15, 0.2) is 48.7 Å². The largest absolute Gasteiger partial charge is 0.508 e. The summed E-state index contributed by atoms with van der Waals surface area (Å²) < 4.78 is 48.2. The number of phenolic OH excluding ortho intramolecular Hbond substituents is 1. The maximum Gasteiger partial charge on any atom is 0.418 e. The minimum atomic E-state index is -4.58. The smallest absolute Gasteiger partial charge is 0.418 e. The Labute approximate surface area is 251 Å². The number of likely N-dealkylation sites (N-methyl/N-ethyl adjacent to an activating group) is 1. The third-order valence-corrected chi connectivity index (χ3v) is 9.09. The molecule has 0 unspecified atom stereocenters. The summed E-state index contributed by atoms with van der Waals surface area (Å²) in [6, 6.07) is 9.90. The van der Waals surface area contributed by atoms with Crippen LogP contribution in [-0.2, 0) is 17.4 Å². The number of alkyl halides is 3. The van der Waals surface area contributed by atoms with Gasteiger partial charge in [0.15, 0.2) is 0 Å². The number of urea groups is 1. The number of aromatic nitrogens is 1. The summed E-state index contributed by atoms with van der Waals surface area (Å²) in [4.78, 5) is 32.7. The number of pyridine rings is 1. The molecule has 44 heavy (non-hydrogen) atoms. The first kappa shape index (κ1) is 28.3. The number of amides is 3. The Morgan fingerprint density at radius 2 is 1.91 bits per heavy atom. The van der Waals surface area contributed by atoms with Crippen molar-refractivity contribution in [2.75, 3.05) is 48.8 Å². The van der Waals surface area contributed by atoms with Gasteiger partial charge in [0.1, 0.15) is 23.1 Å². The van der Waals surface area contributed by atoms with Crippen LogP contribution in [0.1, 0.15) is 35.4 Å². The van der Waals surface area contributed by atoms with E-state index in [9.17, 15) is 27.9 Å². The SMILES string of the molecule is CN1CCN(c2ccc(NC(=O)N[C@@]34C[C@H]3[C@H]4c3cc(Oc4ccnc5c4CCC(=O)N5)ccc3O)cc2C(F)(F)F)CC1. The zero-order valence-electron chi connectivity index (χ0n) is 23.9. The lowest BCUT2D eigenvalue weighted by Crippen LogP contribution is -2.45. The summed E-state index contributed by atoms with van der Waals surface area (Å²) in [6.45, 7) is 2.31. The minimum Gasteiger partial charge on any atom is -0.508 e. The molecule has 2 aromatic carbocycles. The summed E-state index contributed by atoms with van der Waals surface area (Å²) in [5.74, 6) is 1.40. The van der Waals surface area contributed by atoms with Gasteiger partial charge in [-0.25, -0.2) is 9.78 Å². The number of nitrogens with one attached hydrogen (secondary N) is 3. The normalized spacial score (nSPS) is 24.1. The van der Waals surface area contributed by atoms with Gasteiger partial charge in [-0.05, 0) is 68.3 Å². The first-order valence-electron chi connectivity index (χ1n) is 14.5. The van der Waals surface area contributed by atoms with E-state index in [1.807, 2.05) is 7.05 Å². The highest BCUT2D eigenvalue weighted by Gasteiger charge is 2.80. The molecule has 3 heterocycles. The van der Waals surface area contributed by atoms with Crippen LogP contribution in [0.2, 0.25) is 0 Å².